The summed E-state index contributed by atoms with van der Waals surface area (Å²) in [4.78, 5) is 4.63. The van der Waals surface area contributed by atoms with Gasteiger partial charge in [0, 0.05) is 17.6 Å². The fourth-order valence-electron chi connectivity index (χ4n) is 1.73. The number of hydrogen-bond donors (Lipinski definition) is 1. The number of nitrogens with zero attached hydrogens (tertiary/aromatic N) is 1. The lowest BCUT2D eigenvalue weighted by molar-refractivity contribution is 0.825. The normalized spacial score (nSPS) is 11.2. The SMILES string of the molecule is CC(C)c1cc(CN)c2ccccc2n1. The highest BCUT2D eigenvalue weighted by molar-refractivity contribution is 5.82. The minimum absolute atomic E-state index is 0.444. The van der Waals surface area contributed by atoms with Gasteiger partial charge in [0.1, 0.15) is 0 Å². The molecule has 1 aromatic carbocycles. The molecule has 0 aliphatic carbocycles. The Balaban J connectivity index is 2.71. The Morgan fingerprint density at radius 1 is 1.27 bits per heavy atom. The average molecular weight is 200 g/mol. The number of benzene rings is 1. The molecule has 0 radical (unpaired) electrons. The quantitative estimate of drug-likeness (QED) is 0.809. The molecule has 0 aliphatic rings. The van der Waals surface area contributed by atoms with Gasteiger partial charge in [-0.25, -0.2) is 0 Å². The maximum atomic E-state index is 5.76. The highest BCUT2D eigenvalue weighted by Crippen LogP contribution is 2.21. The van der Waals surface area contributed by atoms with Crippen molar-refractivity contribution >= 4 is 10.9 Å². The zero-order chi connectivity index (χ0) is 10.8. The van der Waals surface area contributed by atoms with E-state index in [9.17, 15) is 0 Å². The third kappa shape index (κ3) is 1.85. The Morgan fingerprint density at radius 3 is 2.67 bits per heavy atom. The van der Waals surface area contributed by atoms with E-state index in [0.717, 1.165) is 11.2 Å². The molecular formula is C13H16N2. The van der Waals surface area contributed by atoms with E-state index in [-0.39, 0.29) is 0 Å². The second kappa shape index (κ2) is 3.99. The van der Waals surface area contributed by atoms with Crippen molar-refractivity contribution in [3.8, 4) is 0 Å². The molecule has 0 bridgehead atoms. The molecule has 0 saturated heterocycles. The third-order valence-corrected chi connectivity index (χ3v) is 2.63. The van der Waals surface area contributed by atoms with E-state index in [4.69, 9.17) is 5.73 Å². The predicted octanol–water partition coefficient (Wildman–Crippen LogP) is 2.82. The molecule has 2 aromatic rings. The van der Waals surface area contributed by atoms with E-state index in [2.05, 4.69) is 31.0 Å². The van der Waals surface area contributed by atoms with Crippen molar-refractivity contribution in [2.24, 2.45) is 5.73 Å². The summed E-state index contributed by atoms with van der Waals surface area (Å²) in [6.07, 6.45) is 0. The molecule has 0 spiro atoms. The first-order valence-corrected chi connectivity index (χ1v) is 5.31. The highest BCUT2D eigenvalue weighted by atomic mass is 14.7. The number of hydrogen-bond acceptors (Lipinski definition) is 2. The van der Waals surface area contributed by atoms with Crippen LogP contribution in [0.4, 0.5) is 0 Å². The van der Waals surface area contributed by atoms with Gasteiger partial charge in [-0.05, 0) is 23.6 Å². The summed E-state index contributed by atoms with van der Waals surface area (Å²) >= 11 is 0. The van der Waals surface area contributed by atoms with Gasteiger partial charge in [0.15, 0.2) is 0 Å². The molecule has 2 rings (SSSR count). The van der Waals surface area contributed by atoms with Crippen LogP contribution in [-0.4, -0.2) is 4.98 Å². The van der Waals surface area contributed by atoms with Gasteiger partial charge in [-0.3, -0.25) is 4.98 Å². The second-order valence-electron chi connectivity index (χ2n) is 4.08. The van der Waals surface area contributed by atoms with Crippen LogP contribution >= 0.6 is 0 Å². The van der Waals surface area contributed by atoms with E-state index in [0.29, 0.717) is 12.5 Å². The first-order chi connectivity index (χ1) is 7.22. The van der Waals surface area contributed by atoms with Gasteiger partial charge in [-0.15, -0.1) is 0 Å². The molecule has 78 valence electrons. The summed E-state index contributed by atoms with van der Waals surface area (Å²) < 4.78 is 0. The standard InChI is InChI=1S/C13H16N2/c1-9(2)13-7-10(8-14)11-5-3-4-6-12(11)15-13/h3-7,9H,8,14H2,1-2H3. The molecule has 1 aromatic heterocycles. The van der Waals surface area contributed by atoms with Crippen molar-refractivity contribution in [1.29, 1.82) is 0 Å². The number of rotatable bonds is 2. The van der Waals surface area contributed by atoms with Crippen molar-refractivity contribution in [3.63, 3.8) is 0 Å². The molecule has 1 heterocycles. The maximum absolute atomic E-state index is 5.76. The molecule has 0 amide bonds. The predicted molar refractivity (Wildman–Crippen MR) is 63.7 cm³/mol. The van der Waals surface area contributed by atoms with E-state index < -0.39 is 0 Å². The molecule has 2 N–H and O–H groups in total. The highest BCUT2D eigenvalue weighted by Gasteiger charge is 2.06. The first-order valence-electron chi connectivity index (χ1n) is 5.31. The Hall–Kier alpha value is -1.41. The Bertz CT molecular complexity index is 475. The Kier molecular flexibility index (Phi) is 2.69. The van der Waals surface area contributed by atoms with Crippen LogP contribution < -0.4 is 5.73 Å². The molecular weight excluding hydrogens is 184 g/mol. The smallest absolute Gasteiger partial charge is 0.0708 e. The second-order valence-corrected chi connectivity index (χ2v) is 4.08. The lowest BCUT2D eigenvalue weighted by Crippen LogP contribution is -2.02. The lowest BCUT2D eigenvalue weighted by Gasteiger charge is -2.10. The fourth-order valence-corrected chi connectivity index (χ4v) is 1.73. The number of para-hydroxylation sites is 1. The van der Waals surface area contributed by atoms with Gasteiger partial charge in [0.25, 0.3) is 0 Å². The molecule has 0 fully saturated rings. The molecule has 0 aliphatic heterocycles. The topological polar surface area (TPSA) is 38.9 Å². The number of nitrogens with two attached hydrogens (primary N) is 1. The monoisotopic (exact) mass is 200 g/mol. The fraction of sp³-hybridized carbons (Fsp3) is 0.308. The molecule has 0 unspecified atom stereocenters. The molecule has 0 saturated carbocycles. The maximum Gasteiger partial charge on any atom is 0.0708 e. The van der Waals surface area contributed by atoms with Gasteiger partial charge in [-0.1, -0.05) is 32.0 Å². The van der Waals surface area contributed by atoms with Crippen LogP contribution in [0.5, 0.6) is 0 Å². The van der Waals surface area contributed by atoms with Crippen molar-refractivity contribution < 1.29 is 0 Å². The van der Waals surface area contributed by atoms with Crippen molar-refractivity contribution in [2.45, 2.75) is 26.3 Å². The molecule has 0 atom stereocenters. The van der Waals surface area contributed by atoms with E-state index in [1.54, 1.807) is 0 Å². The van der Waals surface area contributed by atoms with Gasteiger partial charge < -0.3 is 5.73 Å². The number of fused-ring (bicyclic) bond motifs is 1. The van der Waals surface area contributed by atoms with E-state index in [1.807, 2.05) is 18.2 Å². The van der Waals surface area contributed by atoms with Gasteiger partial charge in [0.05, 0.1) is 5.52 Å². The van der Waals surface area contributed by atoms with Gasteiger partial charge in [-0.2, -0.15) is 0 Å². The van der Waals surface area contributed by atoms with Crippen LogP contribution in [0.25, 0.3) is 10.9 Å². The van der Waals surface area contributed by atoms with Crippen LogP contribution in [0.2, 0.25) is 0 Å². The minimum Gasteiger partial charge on any atom is -0.326 e. The number of pyridine rings is 1. The third-order valence-electron chi connectivity index (χ3n) is 2.63. The summed E-state index contributed by atoms with van der Waals surface area (Å²) in [5.74, 6) is 0.444. The number of aromatic nitrogens is 1. The van der Waals surface area contributed by atoms with Crippen molar-refractivity contribution in [3.05, 3.63) is 41.6 Å². The van der Waals surface area contributed by atoms with Crippen LogP contribution in [0.1, 0.15) is 31.0 Å². The minimum atomic E-state index is 0.444. The van der Waals surface area contributed by atoms with Crippen LogP contribution in [0.15, 0.2) is 30.3 Å². The molecule has 2 nitrogen and oxygen atoms in total. The van der Waals surface area contributed by atoms with Gasteiger partial charge in [0.2, 0.25) is 0 Å². The zero-order valence-electron chi connectivity index (χ0n) is 9.20. The summed E-state index contributed by atoms with van der Waals surface area (Å²) in [5, 5.41) is 1.17. The Labute approximate surface area is 90.1 Å². The summed E-state index contributed by atoms with van der Waals surface area (Å²) in [6, 6.07) is 10.3. The summed E-state index contributed by atoms with van der Waals surface area (Å²) in [5.41, 5.74) is 9.11. The van der Waals surface area contributed by atoms with E-state index in [1.165, 1.54) is 10.9 Å². The van der Waals surface area contributed by atoms with Crippen LogP contribution in [0, 0.1) is 0 Å². The Morgan fingerprint density at radius 2 is 2.00 bits per heavy atom. The summed E-state index contributed by atoms with van der Waals surface area (Å²) in [7, 11) is 0. The zero-order valence-corrected chi connectivity index (χ0v) is 9.20. The largest absolute Gasteiger partial charge is 0.326 e. The molecule has 2 heteroatoms. The van der Waals surface area contributed by atoms with Crippen molar-refractivity contribution in [2.75, 3.05) is 0 Å². The lowest BCUT2D eigenvalue weighted by atomic mass is 10.0. The van der Waals surface area contributed by atoms with Crippen molar-refractivity contribution in [1.82, 2.24) is 4.98 Å². The van der Waals surface area contributed by atoms with E-state index >= 15 is 0 Å². The first kappa shape index (κ1) is 10.1. The average Bonchev–Trinajstić information content (AvgIpc) is 2.27. The van der Waals surface area contributed by atoms with Crippen LogP contribution in [0.3, 0.4) is 0 Å². The molecule has 15 heavy (non-hydrogen) atoms. The summed E-state index contributed by atoms with van der Waals surface area (Å²) in [6.45, 7) is 4.87. The van der Waals surface area contributed by atoms with Gasteiger partial charge >= 0.3 is 0 Å². The van der Waals surface area contributed by atoms with Crippen LogP contribution in [-0.2, 0) is 6.54 Å².